The number of amides is 2. The molecule has 2 amide bonds. The number of hydrogen-bond donors (Lipinski definition) is 4. The van der Waals surface area contributed by atoms with Crippen molar-refractivity contribution in [1.29, 1.82) is 0 Å². The molecule has 290 valence electrons. The zero-order chi connectivity index (χ0) is 36.0. The molecule has 0 bridgehead atoms. The van der Waals surface area contributed by atoms with Crippen LogP contribution in [-0.4, -0.2) is 63.3 Å². The Kier molecular flexibility index (Phi) is 36.7. The first-order valence-electron chi connectivity index (χ1n) is 21.2. The normalized spacial score (nSPS) is 12.9. The second-order valence-electron chi connectivity index (χ2n) is 14.7. The average Bonchev–Trinajstić information content (AvgIpc) is 3.09. The Labute approximate surface area is 305 Å². The number of carbonyl (C=O) groups excluding carboxylic acids is 2. The third kappa shape index (κ3) is 33.5. The molecule has 0 rings (SSSR count). The van der Waals surface area contributed by atoms with E-state index in [1.165, 1.54) is 148 Å². The van der Waals surface area contributed by atoms with E-state index in [9.17, 15) is 9.59 Å². The van der Waals surface area contributed by atoms with E-state index in [4.69, 9.17) is 0 Å². The molecule has 0 aromatic heterocycles. The lowest BCUT2D eigenvalue weighted by Crippen LogP contribution is -2.53. The molecule has 0 saturated heterocycles. The Morgan fingerprint density at radius 1 is 0.571 bits per heavy atom. The van der Waals surface area contributed by atoms with Crippen LogP contribution in [0.3, 0.4) is 0 Å². The zero-order valence-corrected chi connectivity index (χ0v) is 33.5. The van der Waals surface area contributed by atoms with E-state index < -0.39 is 6.04 Å². The molecular formula is C42H85N5O2. The van der Waals surface area contributed by atoms with Crippen molar-refractivity contribution in [2.24, 2.45) is 0 Å². The van der Waals surface area contributed by atoms with Gasteiger partial charge in [-0.15, -0.1) is 0 Å². The summed E-state index contributed by atoms with van der Waals surface area (Å²) in [7, 11) is 5.92. The minimum Gasteiger partial charge on any atom is -0.354 e. The molecule has 0 aliphatic heterocycles. The Balaban J connectivity index is 4.17. The Morgan fingerprint density at radius 3 is 1.45 bits per heavy atom. The summed E-state index contributed by atoms with van der Waals surface area (Å²) in [5.74, 6) is -0.0627. The molecule has 4 N–H and O–H groups in total. The largest absolute Gasteiger partial charge is 0.354 e. The molecule has 0 heterocycles. The summed E-state index contributed by atoms with van der Waals surface area (Å²) in [5.41, 5.74) is 0. The number of nitrogens with one attached hydrogen (secondary N) is 4. The topological polar surface area (TPSA) is 85.5 Å². The van der Waals surface area contributed by atoms with Gasteiger partial charge in [0, 0.05) is 19.5 Å². The number of rotatable bonds is 38. The maximum absolute atomic E-state index is 13.1. The van der Waals surface area contributed by atoms with Gasteiger partial charge >= 0.3 is 0 Å². The Hall–Kier alpha value is -1.44. The minimum absolute atomic E-state index is 0.00736. The van der Waals surface area contributed by atoms with Crippen molar-refractivity contribution >= 4 is 11.8 Å². The lowest BCUT2D eigenvalue weighted by atomic mass is 10.0. The van der Waals surface area contributed by atoms with E-state index in [1.54, 1.807) is 0 Å². The molecule has 0 aromatic rings. The first-order valence-corrected chi connectivity index (χ1v) is 21.2. The van der Waals surface area contributed by atoms with Gasteiger partial charge in [-0.25, -0.2) is 0 Å². The molecule has 0 radical (unpaired) electrons. The summed E-state index contributed by atoms with van der Waals surface area (Å²) in [4.78, 5) is 28.0. The van der Waals surface area contributed by atoms with Gasteiger partial charge in [0.2, 0.25) is 11.8 Å². The zero-order valence-electron chi connectivity index (χ0n) is 33.5. The Bertz CT molecular complexity index is 745. The van der Waals surface area contributed by atoms with Gasteiger partial charge in [0.1, 0.15) is 12.3 Å². The van der Waals surface area contributed by atoms with Crippen molar-refractivity contribution in [3.05, 3.63) is 12.2 Å². The SMILES string of the molecule is CCCCCCCC/C=C/CCCCCCCC(=O)NC(CCNC(NC)N(C)C)C(=O)NCCCCCCCCCCCCCCCC. The molecule has 0 aliphatic rings. The van der Waals surface area contributed by atoms with Gasteiger partial charge < -0.3 is 10.6 Å². The van der Waals surface area contributed by atoms with Crippen LogP contribution >= 0.6 is 0 Å². The van der Waals surface area contributed by atoms with Gasteiger partial charge in [0.05, 0.1) is 0 Å². The molecule has 0 saturated carbocycles. The number of allylic oxidation sites excluding steroid dienone is 2. The fraction of sp³-hybridized carbons (Fsp3) is 0.905. The molecule has 0 fully saturated rings. The van der Waals surface area contributed by atoms with E-state index >= 15 is 0 Å². The van der Waals surface area contributed by atoms with Crippen LogP contribution in [-0.2, 0) is 9.59 Å². The molecule has 2 unspecified atom stereocenters. The first kappa shape index (κ1) is 47.6. The molecule has 49 heavy (non-hydrogen) atoms. The van der Waals surface area contributed by atoms with E-state index in [0.29, 0.717) is 25.9 Å². The van der Waals surface area contributed by atoms with Gasteiger partial charge in [-0.2, -0.15) is 0 Å². The number of nitrogens with zero attached hydrogens (tertiary/aromatic N) is 1. The van der Waals surface area contributed by atoms with Crippen molar-refractivity contribution in [2.45, 2.75) is 212 Å². The molecule has 0 aromatic carbocycles. The summed E-state index contributed by atoms with van der Waals surface area (Å²) < 4.78 is 0. The minimum atomic E-state index is -0.505. The smallest absolute Gasteiger partial charge is 0.242 e. The van der Waals surface area contributed by atoms with E-state index in [0.717, 1.165) is 25.7 Å². The van der Waals surface area contributed by atoms with Gasteiger partial charge in [-0.3, -0.25) is 25.1 Å². The van der Waals surface area contributed by atoms with Crippen molar-refractivity contribution < 1.29 is 9.59 Å². The van der Waals surface area contributed by atoms with Crippen LogP contribution < -0.4 is 21.3 Å². The number of hydrogen-bond acceptors (Lipinski definition) is 5. The fourth-order valence-corrected chi connectivity index (χ4v) is 6.45. The lowest BCUT2D eigenvalue weighted by Gasteiger charge is -2.26. The van der Waals surface area contributed by atoms with Gasteiger partial charge in [0.25, 0.3) is 0 Å². The highest BCUT2D eigenvalue weighted by Crippen LogP contribution is 2.13. The highest BCUT2D eigenvalue weighted by Gasteiger charge is 2.21. The molecule has 2 atom stereocenters. The molecule has 7 heteroatoms. The predicted octanol–water partition coefficient (Wildman–Crippen LogP) is 10.2. The van der Waals surface area contributed by atoms with Gasteiger partial charge in [-0.05, 0) is 66.1 Å². The quantitative estimate of drug-likeness (QED) is 0.0294. The summed E-state index contributed by atoms with van der Waals surface area (Å²) >= 11 is 0. The second kappa shape index (κ2) is 37.8. The maximum Gasteiger partial charge on any atom is 0.242 e. The van der Waals surface area contributed by atoms with Crippen LogP contribution in [0.4, 0.5) is 0 Å². The standard InChI is InChI=1S/C42H85N5O2/c1-6-8-10-12-14-16-18-20-22-23-25-27-29-31-33-35-40(48)46-39(36-38-45-42(43-3)47(4)5)41(49)44-37-34-32-30-28-26-24-21-19-17-15-13-11-9-7-2/h20,22,39,42-43,45H,6-19,21,23-38H2,1-5H3,(H,44,49)(H,46,48)/b22-20+. The fourth-order valence-electron chi connectivity index (χ4n) is 6.45. The predicted molar refractivity (Wildman–Crippen MR) is 214 cm³/mol. The number of unbranched alkanes of at least 4 members (excludes halogenated alkanes) is 24. The van der Waals surface area contributed by atoms with E-state index in [1.807, 2.05) is 21.1 Å². The van der Waals surface area contributed by atoms with Crippen LogP contribution in [0, 0.1) is 0 Å². The molecule has 0 spiro atoms. The highest BCUT2D eigenvalue weighted by molar-refractivity contribution is 5.87. The molecule has 7 nitrogen and oxygen atoms in total. The van der Waals surface area contributed by atoms with Gasteiger partial charge in [0.15, 0.2) is 0 Å². The van der Waals surface area contributed by atoms with E-state index in [-0.39, 0.29) is 18.1 Å². The average molecular weight is 692 g/mol. The van der Waals surface area contributed by atoms with Crippen LogP contribution in [0.2, 0.25) is 0 Å². The van der Waals surface area contributed by atoms with Crippen LogP contribution in [0.25, 0.3) is 0 Å². The first-order chi connectivity index (χ1) is 24.0. The summed E-state index contributed by atoms with van der Waals surface area (Å²) in [6.45, 7) is 5.86. The number of carbonyl (C=O) groups is 2. The summed E-state index contributed by atoms with van der Waals surface area (Å²) in [5, 5.41) is 12.8. The van der Waals surface area contributed by atoms with Crippen molar-refractivity contribution in [3.63, 3.8) is 0 Å². The lowest BCUT2D eigenvalue weighted by molar-refractivity contribution is -0.129. The van der Waals surface area contributed by atoms with Crippen molar-refractivity contribution in [3.8, 4) is 0 Å². The summed E-state index contributed by atoms with van der Waals surface area (Å²) in [6.07, 6.45) is 40.5. The summed E-state index contributed by atoms with van der Waals surface area (Å²) in [6, 6.07) is -0.505. The van der Waals surface area contributed by atoms with Crippen molar-refractivity contribution in [1.82, 2.24) is 26.2 Å². The van der Waals surface area contributed by atoms with Crippen molar-refractivity contribution in [2.75, 3.05) is 34.2 Å². The van der Waals surface area contributed by atoms with Crippen LogP contribution in [0.1, 0.15) is 200 Å². The highest BCUT2D eigenvalue weighted by atomic mass is 16.2. The third-order valence-corrected chi connectivity index (χ3v) is 9.71. The maximum atomic E-state index is 13.1. The third-order valence-electron chi connectivity index (χ3n) is 9.71. The second-order valence-corrected chi connectivity index (χ2v) is 14.7. The van der Waals surface area contributed by atoms with Gasteiger partial charge in [-0.1, -0.05) is 161 Å². The van der Waals surface area contributed by atoms with Crippen LogP contribution in [0.15, 0.2) is 12.2 Å². The van der Waals surface area contributed by atoms with Crippen LogP contribution in [0.5, 0.6) is 0 Å². The molecular weight excluding hydrogens is 606 g/mol. The monoisotopic (exact) mass is 692 g/mol. The Morgan fingerprint density at radius 2 is 1.00 bits per heavy atom. The van der Waals surface area contributed by atoms with E-state index in [2.05, 4.69) is 52.2 Å². The molecule has 0 aliphatic carbocycles.